The van der Waals surface area contributed by atoms with Crippen molar-refractivity contribution >= 4 is 17.5 Å². The summed E-state index contributed by atoms with van der Waals surface area (Å²) in [6.07, 6.45) is 5.49. The highest BCUT2D eigenvalue weighted by Gasteiger charge is 2.06. The number of terminal acetylenes is 1. The molecule has 66 valence electrons. The van der Waals surface area contributed by atoms with Crippen molar-refractivity contribution in [1.82, 2.24) is 0 Å². The molecule has 2 N–H and O–H groups in total. The minimum atomic E-state index is -0.484. The Bertz CT molecular complexity index is 379. The van der Waals surface area contributed by atoms with Gasteiger partial charge in [-0.25, -0.2) is 0 Å². The summed E-state index contributed by atoms with van der Waals surface area (Å²) in [5.41, 5.74) is 6.27. The van der Waals surface area contributed by atoms with Gasteiger partial charge in [0, 0.05) is 17.0 Å². The molecule has 2 nitrogen and oxygen atoms in total. The molecule has 0 fully saturated rings. The first-order valence-corrected chi connectivity index (χ1v) is 4.04. The van der Waals surface area contributed by atoms with Crippen LogP contribution in [0.15, 0.2) is 18.2 Å². The third-order valence-electron chi connectivity index (χ3n) is 1.63. The van der Waals surface area contributed by atoms with E-state index in [1.54, 1.807) is 18.2 Å². The van der Waals surface area contributed by atoms with Gasteiger partial charge in [0.2, 0.25) is 5.91 Å². The summed E-state index contributed by atoms with van der Waals surface area (Å²) >= 11 is 5.74. The maximum atomic E-state index is 10.9. The number of carbonyl (C=O) groups is 1. The third-order valence-corrected chi connectivity index (χ3v) is 1.86. The molecular formula is C10H8ClNO. The predicted octanol–water partition coefficient (Wildman–Crippen LogP) is 1.61. The fourth-order valence-corrected chi connectivity index (χ4v) is 1.25. The molecule has 0 spiro atoms. The highest BCUT2D eigenvalue weighted by atomic mass is 35.5. The van der Waals surface area contributed by atoms with Crippen molar-refractivity contribution < 1.29 is 4.79 Å². The first-order valence-electron chi connectivity index (χ1n) is 3.67. The molecule has 1 aromatic carbocycles. The summed E-state index contributed by atoms with van der Waals surface area (Å²) < 4.78 is 0. The van der Waals surface area contributed by atoms with Crippen molar-refractivity contribution in [2.75, 3.05) is 0 Å². The molecular weight excluding hydrogens is 186 g/mol. The Labute approximate surface area is 81.7 Å². The maximum Gasteiger partial charge on any atom is 0.249 e. The van der Waals surface area contributed by atoms with Crippen LogP contribution in [-0.2, 0) is 6.42 Å². The van der Waals surface area contributed by atoms with Gasteiger partial charge in [-0.15, -0.1) is 12.3 Å². The molecule has 0 atom stereocenters. The normalized spacial score (nSPS) is 9.23. The summed E-state index contributed by atoms with van der Waals surface area (Å²) in [5, 5.41) is 0.551. The predicted molar refractivity (Wildman–Crippen MR) is 52.5 cm³/mol. The van der Waals surface area contributed by atoms with Crippen molar-refractivity contribution in [2.24, 2.45) is 5.73 Å². The van der Waals surface area contributed by atoms with Gasteiger partial charge in [-0.2, -0.15) is 0 Å². The number of hydrogen-bond acceptors (Lipinski definition) is 1. The van der Waals surface area contributed by atoms with Gasteiger partial charge in [0.1, 0.15) is 0 Å². The lowest BCUT2D eigenvalue weighted by Crippen LogP contribution is -2.13. The van der Waals surface area contributed by atoms with Crippen LogP contribution in [0.1, 0.15) is 15.9 Å². The van der Waals surface area contributed by atoms with E-state index in [1.165, 1.54) is 0 Å². The first-order chi connectivity index (χ1) is 6.15. The van der Waals surface area contributed by atoms with E-state index in [2.05, 4.69) is 5.92 Å². The molecule has 0 saturated carbocycles. The number of benzene rings is 1. The molecule has 0 unspecified atom stereocenters. The van der Waals surface area contributed by atoms with Gasteiger partial charge in [-0.05, 0) is 23.8 Å². The zero-order valence-corrected chi connectivity index (χ0v) is 7.64. The minimum Gasteiger partial charge on any atom is -0.366 e. The molecule has 1 rings (SSSR count). The Morgan fingerprint density at radius 3 is 2.85 bits per heavy atom. The van der Waals surface area contributed by atoms with E-state index in [0.29, 0.717) is 22.6 Å². The van der Waals surface area contributed by atoms with Crippen molar-refractivity contribution in [1.29, 1.82) is 0 Å². The molecule has 13 heavy (non-hydrogen) atoms. The van der Waals surface area contributed by atoms with Gasteiger partial charge in [0.05, 0.1) is 0 Å². The van der Waals surface area contributed by atoms with Gasteiger partial charge in [-0.1, -0.05) is 11.6 Å². The van der Waals surface area contributed by atoms with Crippen LogP contribution >= 0.6 is 11.6 Å². The Balaban J connectivity index is 3.20. The summed E-state index contributed by atoms with van der Waals surface area (Å²) in [7, 11) is 0. The van der Waals surface area contributed by atoms with Crippen LogP contribution in [0.4, 0.5) is 0 Å². The monoisotopic (exact) mass is 193 g/mol. The second kappa shape index (κ2) is 3.97. The zero-order valence-electron chi connectivity index (χ0n) is 6.88. The second-order valence-electron chi connectivity index (χ2n) is 2.55. The van der Waals surface area contributed by atoms with Crippen LogP contribution in [0.5, 0.6) is 0 Å². The standard InChI is InChI=1S/C10H8ClNO/c1-2-3-7-6-8(11)4-5-9(7)10(12)13/h1,4-6H,3H2,(H2,12,13). The minimum absolute atomic E-state index is 0.360. The van der Waals surface area contributed by atoms with Gasteiger partial charge in [0.25, 0.3) is 0 Å². The molecule has 0 aliphatic carbocycles. The van der Waals surface area contributed by atoms with Crippen LogP contribution in [0.25, 0.3) is 0 Å². The lowest BCUT2D eigenvalue weighted by molar-refractivity contribution is 0.0999. The molecule has 1 aromatic rings. The first kappa shape index (κ1) is 9.63. The van der Waals surface area contributed by atoms with Gasteiger partial charge >= 0.3 is 0 Å². The van der Waals surface area contributed by atoms with E-state index in [9.17, 15) is 4.79 Å². The smallest absolute Gasteiger partial charge is 0.249 e. The number of rotatable bonds is 2. The molecule has 0 saturated heterocycles. The summed E-state index contributed by atoms with van der Waals surface area (Å²) in [4.78, 5) is 10.9. The van der Waals surface area contributed by atoms with Crippen LogP contribution < -0.4 is 5.73 Å². The SMILES string of the molecule is C#CCc1cc(Cl)ccc1C(N)=O. The molecule has 1 amide bonds. The largest absolute Gasteiger partial charge is 0.366 e. The number of nitrogens with two attached hydrogens (primary N) is 1. The summed E-state index contributed by atoms with van der Waals surface area (Å²) in [5.74, 6) is 1.96. The van der Waals surface area contributed by atoms with E-state index in [1.807, 2.05) is 0 Å². The Morgan fingerprint density at radius 1 is 1.62 bits per heavy atom. The van der Waals surface area contributed by atoms with E-state index >= 15 is 0 Å². The van der Waals surface area contributed by atoms with E-state index in [-0.39, 0.29) is 0 Å². The molecule has 0 aromatic heterocycles. The summed E-state index contributed by atoms with van der Waals surface area (Å²) in [6.45, 7) is 0. The zero-order chi connectivity index (χ0) is 9.84. The Morgan fingerprint density at radius 2 is 2.31 bits per heavy atom. The van der Waals surface area contributed by atoms with E-state index in [0.717, 1.165) is 0 Å². The molecule has 0 radical (unpaired) electrons. The molecule has 3 heteroatoms. The second-order valence-corrected chi connectivity index (χ2v) is 2.98. The lowest BCUT2D eigenvalue weighted by atomic mass is 10.0. The average molecular weight is 194 g/mol. The molecule has 0 aliphatic rings. The number of halogens is 1. The fourth-order valence-electron chi connectivity index (χ4n) is 1.06. The lowest BCUT2D eigenvalue weighted by Gasteiger charge is -2.03. The van der Waals surface area contributed by atoms with E-state index in [4.69, 9.17) is 23.8 Å². The van der Waals surface area contributed by atoms with Gasteiger partial charge in [-0.3, -0.25) is 4.79 Å². The fraction of sp³-hybridized carbons (Fsp3) is 0.100. The number of amides is 1. The van der Waals surface area contributed by atoms with Gasteiger partial charge in [0.15, 0.2) is 0 Å². The molecule has 0 aliphatic heterocycles. The summed E-state index contributed by atoms with van der Waals surface area (Å²) in [6, 6.07) is 4.85. The molecule has 0 bridgehead atoms. The number of primary amides is 1. The van der Waals surface area contributed by atoms with Gasteiger partial charge < -0.3 is 5.73 Å². The van der Waals surface area contributed by atoms with Crippen molar-refractivity contribution in [3.63, 3.8) is 0 Å². The van der Waals surface area contributed by atoms with Crippen molar-refractivity contribution in [3.8, 4) is 12.3 Å². The van der Waals surface area contributed by atoms with Crippen molar-refractivity contribution in [2.45, 2.75) is 6.42 Å². The van der Waals surface area contributed by atoms with Crippen LogP contribution in [0, 0.1) is 12.3 Å². The van der Waals surface area contributed by atoms with E-state index < -0.39 is 5.91 Å². The van der Waals surface area contributed by atoms with Crippen LogP contribution in [-0.4, -0.2) is 5.91 Å². The van der Waals surface area contributed by atoms with Crippen LogP contribution in [0.3, 0.4) is 0 Å². The average Bonchev–Trinajstić information content (AvgIpc) is 2.04. The number of hydrogen-bond donors (Lipinski definition) is 1. The molecule has 0 heterocycles. The quantitative estimate of drug-likeness (QED) is 0.713. The highest BCUT2D eigenvalue weighted by Crippen LogP contribution is 2.16. The Kier molecular flexibility index (Phi) is 2.94. The van der Waals surface area contributed by atoms with Crippen LogP contribution in [0.2, 0.25) is 5.02 Å². The van der Waals surface area contributed by atoms with Crippen molar-refractivity contribution in [3.05, 3.63) is 34.3 Å². The topological polar surface area (TPSA) is 43.1 Å². The number of carbonyl (C=O) groups excluding carboxylic acids is 1. The highest BCUT2D eigenvalue weighted by molar-refractivity contribution is 6.30. The Hall–Kier alpha value is -1.46. The third kappa shape index (κ3) is 2.24. The maximum absolute atomic E-state index is 10.9.